The van der Waals surface area contributed by atoms with Gasteiger partial charge in [-0.05, 0) is 41.5 Å². The topological polar surface area (TPSA) is 26.0 Å². The Morgan fingerprint density at radius 3 is 2.26 bits per heavy atom. The Labute approximate surface area is 121 Å². The highest BCUT2D eigenvalue weighted by molar-refractivity contribution is 9.10. The highest BCUT2D eigenvalue weighted by Crippen LogP contribution is 2.30. The van der Waals surface area contributed by atoms with Gasteiger partial charge in [-0.1, -0.05) is 27.5 Å². The molecule has 1 nitrogen and oxygen atoms in total. The minimum Gasteiger partial charge on any atom is -0.320 e. The average Bonchev–Trinajstić information content (AvgIpc) is 2.31. The fourth-order valence-corrected chi connectivity index (χ4v) is 2.46. The Balaban J connectivity index is 2.49. The molecular formula is C13H8BrClF3N. The predicted octanol–water partition coefficient (Wildman–Crippen LogP) is 4.57. The summed E-state index contributed by atoms with van der Waals surface area (Å²) in [4.78, 5) is 0. The van der Waals surface area contributed by atoms with Crippen LogP contribution in [0.25, 0.3) is 0 Å². The van der Waals surface area contributed by atoms with Crippen molar-refractivity contribution in [3.8, 4) is 0 Å². The van der Waals surface area contributed by atoms with Crippen LogP contribution in [0.15, 0.2) is 34.8 Å². The zero-order chi connectivity index (χ0) is 14.2. The molecule has 0 bridgehead atoms. The molecule has 0 spiro atoms. The van der Waals surface area contributed by atoms with Gasteiger partial charge in [0.15, 0.2) is 11.6 Å². The van der Waals surface area contributed by atoms with Gasteiger partial charge in [0.1, 0.15) is 5.82 Å². The summed E-state index contributed by atoms with van der Waals surface area (Å²) < 4.78 is 40.0. The summed E-state index contributed by atoms with van der Waals surface area (Å²) in [6.45, 7) is 0. The molecule has 2 N–H and O–H groups in total. The molecule has 0 radical (unpaired) electrons. The van der Waals surface area contributed by atoms with E-state index in [4.69, 9.17) is 17.3 Å². The van der Waals surface area contributed by atoms with Crippen LogP contribution in [-0.4, -0.2) is 0 Å². The summed E-state index contributed by atoms with van der Waals surface area (Å²) in [6.07, 6.45) is 0. The van der Waals surface area contributed by atoms with Gasteiger partial charge in [-0.2, -0.15) is 0 Å². The van der Waals surface area contributed by atoms with Gasteiger partial charge in [0.05, 0.1) is 6.04 Å². The molecule has 0 aliphatic rings. The van der Waals surface area contributed by atoms with Crippen LogP contribution in [0.2, 0.25) is 5.02 Å². The van der Waals surface area contributed by atoms with Crippen molar-refractivity contribution < 1.29 is 13.2 Å². The van der Waals surface area contributed by atoms with Gasteiger partial charge in [-0.15, -0.1) is 0 Å². The molecule has 0 heterocycles. The first-order chi connectivity index (χ1) is 8.88. The molecule has 0 aliphatic carbocycles. The maximum atomic E-state index is 13.3. The zero-order valence-corrected chi connectivity index (χ0v) is 11.8. The fourth-order valence-electron chi connectivity index (χ4n) is 1.71. The summed E-state index contributed by atoms with van der Waals surface area (Å²) in [5, 5.41) is -0.00761. The third-order valence-corrected chi connectivity index (χ3v) is 3.40. The Bertz CT molecular complexity index is 613. The monoisotopic (exact) mass is 349 g/mol. The first kappa shape index (κ1) is 14.4. The molecular weight excluding hydrogens is 343 g/mol. The van der Waals surface area contributed by atoms with Gasteiger partial charge in [-0.3, -0.25) is 0 Å². The van der Waals surface area contributed by atoms with E-state index in [0.29, 0.717) is 10.0 Å². The van der Waals surface area contributed by atoms with Gasteiger partial charge in [0.25, 0.3) is 0 Å². The molecule has 0 fully saturated rings. The van der Waals surface area contributed by atoms with Crippen LogP contribution in [0.1, 0.15) is 17.2 Å². The van der Waals surface area contributed by atoms with Crippen LogP contribution in [0.4, 0.5) is 13.2 Å². The van der Waals surface area contributed by atoms with E-state index in [2.05, 4.69) is 15.9 Å². The Morgan fingerprint density at radius 1 is 1.00 bits per heavy atom. The Hall–Kier alpha value is -1.04. The molecule has 0 saturated carbocycles. The average molecular weight is 351 g/mol. The van der Waals surface area contributed by atoms with Crippen LogP contribution in [0.5, 0.6) is 0 Å². The second kappa shape index (κ2) is 5.53. The second-order valence-corrected chi connectivity index (χ2v) is 5.29. The van der Waals surface area contributed by atoms with Crippen molar-refractivity contribution in [2.45, 2.75) is 6.04 Å². The lowest BCUT2D eigenvalue weighted by Crippen LogP contribution is -2.13. The molecule has 100 valence electrons. The van der Waals surface area contributed by atoms with Crippen molar-refractivity contribution in [3.05, 3.63) is 68.4 Å². The van der Waals surface area contributed by atoms with E-state index in [0.717, 1.165) is 12.1 Å². The second-order valence-electron chi connectivity index (χ2n) is 3.97. The number of hydrogen-bond acceptors (Lipinski definition) is 1. The van der Waals surface area contributed by atoms with Crippen molar-refractivity contribution in [2.75, 3.05) is 0 Å². The Morgan fingerprint density at radius 2 is 1.63 bits per heavy atom. The molecule has 0 saturated heterocycles. The van der Waals surface area contributed by atoms with Gasteiger partial charge in [0.2, 0.25) is 0 Å². The van der Waals surface area contributed by atoms with E-state index in [1.807, 2.05) is 0 Å². The van der Waals surface area contributed by atoms with Gasteiger partial charge in [-0.25, -0.2) is 13.2 Å². The maximum Gasteiger partial charge on any atom is 0.160 e. The van der Waals surface area contributed by atoms with Crippen molar-refractivity contribution in [2.24, 2.45) is 5.73 Å². The predicted molar refractivity (Wildman–Crippen MR) is 71.5 cm³/mol. The summed E-state index contributed by atoms with van der Waals surface area (Å²) in [6, 6.07) is 4.98. The molecule has 6 heteroatoms. The fraction of sp³-hybridized carbons (Fsp3) is 0.0769. The molecule has 0 amide bonds. The SMILES string of the molecule is NC(c1cc(F)cc(Br)c1)c1cc(F)c(F)cc1Cl. The third kappa shape index (κ3) is 3.11. The minimum absolute atomic E-state index is 0.00761. The number of nitrogens with two attached hydrogens (primary N) is 1. The molecule has 19 heavy (non-hydrogen) atoms. The van der Waals surface area contributed by atoms with Gasteiger partial charge >= 0.3 is 0 Å². The summed E-state index contributed by atoms with van der Waals surface area (Å²) in [7, 11) is 0. The number of halogens is 5. The van der Waals surface area contributed by atoms with Gasteiger partial charge < -0.3 is 5.73 Å². The number of hydrogen-bond donors (Lipinski definition) is 1. The van der Waals surface area contributed by atoms with Crippen LogP contribution < -0.4 is 5.73 Å². The highest BCUT2D eigenvalue weighted by atomic mass is 79.9. The molecule has 1 unspecified atom stereocenters. The maximum absolute atomic E-state index is 13.3. The van der Waals surface area contributed by atoms with Crippen molar-refractivity contribution in [1.82, 2.24) is 0 Å². The number of benzene rings is 2. The largest absolute Gasteiger partial charge is 0.320 e. The summed E-state index contributed by atoms with van der Waals surface area (Å²) >= 11 is 8.97. The van der Waals surface area contributed by atoms with Crippen molar-refractivity contribution in [1.29, 1.82) is 0 Å². The first-order valence-corrected chi connectivity index (χ1v) is 6.41. The van der Waals surface area contributed by atoms with Crippen LogP contribution >= 0.6 is 27.5 Å². The summed E-state index contributed by atoms with van der Waals surface area (Å²) in [5.41, 5.74) is 6.51. The normalized spacial score (nSPS) is 12.5. The molecule has 1 atom stereocenters. The van der Waals surface area contributed by atoms with Crippen molar-refractivity contribution in [3.63, 3.8) is 0 Å². The molecule has 2 rings (SSSR count). The molecule has 2 aromatic rings. The molecule has 2 aromatic carbocycles. The minimum atomic E-state index is -1.05. The van der Waals surface area contributed by atoms with E-state index in [-0.39, 0.29) is 10.6 Å². The van der Waals surface area contributed by atoms with E-state index in [1.165, 1.54) is 12.1 Å². The Kier molecular flexibility index (Phi) is 4.18. The van der Waals surface area contributed by atoms with E-state index in [9.17, 15) is 13.2 Å². The van der Waals surface area contributed by atoms with Crippen molar-refractivity contribution >= 4 is 27.5 Å². The van der Waals surface area contributed by atoms with Gasteiger partial charge in [0, 0.05) is 9.50 Å². The van der Waals surface area contributed by atoms with Crippen LogP contribution in [-0.2, 0) is 0 Å². The van der Waals surface area contributed by atoms with Crippen LogP contribution in [0, 0.1) is 17.5 Å². The lowest BCUT2D eigenvalue weighted by atomic mass is 9.99. The zero-order valence-electron chi connectivity index (χ0n) is 9.43. The van der Waals surface area contributed by atoms with E-state index in [1.54, 1.807) is 6.07 Å². The summed E-state index contributed by atoms with van der Waals surface area (Å²) in [5.74, 6) is -2.59. The quantitative estimate of drug-likeness (QED) is 0.789. The van der Waals surface area contributed by atoms with E-state index < -0.39 is 23.5 Å². The smallest absolute Gasteiger partial charge is 0.160 e. The van der Waals surface area contributed by atoms with Crippen LogP contribution in [0.3, 0.4) is 0 Å². The first-order valence-electron chi connectivity index (χ1n) is 5.24. The third-order valence-electron chi connectivity index (χ3n) is 2.62. The molecule has 0 aromatic heterocycles. The van der Waals surface area contributed by atoms with E-state index >= 15 is 0 Å². The highest BCUT2D eigenvalue weighted by Gasteiger charge is 2.17. The lowest BCUT2D eigenvalue weighted by molar-refractivity contribution is 0.506. The number of rotatable bonds is 2. The lowest BCUT2D eigenvalue weighted by Gasteiger charge is -2.15. The standard InChI is InChI=1S/C13H8BrClF3N/c14-7-1-6(2-8(16)3-7)13(19)9-4-11(17)12(18)5-10(9)15/h1-5,13H,19H2. The molecule has 0 aliphatic heterocycles.